The Bertz CT molecular complexity index is 1550. The third-order valence-electron chi connectivity index (χ3n) is 6.25. The highest BCUT2D eigenvalue weighted by molar-refractivity contribution is 7.26. The molecule has 0 radical (unpaired) electrons. The van der Waals surface area contributed by atoms with Gasteiger partial charge in [0.25, 0.3) is 0 Å². The van der Waals surface area contributed by atoms with Crippen LogP contribution < -0.4 is 0 Å². The summed E-state index contributed by atoms with van der Waals surface area (Å²) < 4.78 is 8.68. The van der Waals surface area contributed by atoms with Gasteiger partial charge in [-0.3, -0.25) is 0 Å². The average Bonchev–Trinajstić information content (AvgIpc) is 3.44. The second-order valence-electron chi connectivity index (χ2n) is 8.22. The van der Waals surface area contributed by atoms with Crippen LogP contribution in [0.5, 0.6) is 0 Å². The number of oxazole rings is 1. The monoisotopic (exact) mass is 433 g/mol. The van der Waals surface area contributed by atoms with Crippen molar-refractivity contribution in [3.05, 3.63) is 90.0 Å². The zero-order valence-corrected chi connectivity index (χ0v) is 19.0. The lowest BCUT2D eigenvalue weighted by Gasteiger charge is -2.08. The number of rotatable bonds is 4. The molecule has 0 saturated carbocycles. The SMILES string of the molecule is CCc1ccc2sc3c(-c4ccc(-c5nc6ccccc6o5)cc4)cc(CC)cc3c2c1. The quantitative estimate of drug-likeness (QED) is 0.278. The van der Waals surface area contributed by atoms with Crippen LogP contribution in [0.4, 0.5) is 0 Å². The smallest absolute Gasteiger partial charge is 0.227 e. The summed E-state index contributed by atoms with van der Waals surface area (Å²) in [7, 11) is 0. The van der Waals surface area contributed by atoms with Crippen LogP contribution in [-0.2, 0) is 12.8 Å². The number of para-hydroxylation sites is 2. The summed E-state index contributed by atoms with van der Waals surface area (Å²) in [6.45, 7) is 4.45. The fourth-order valence-electron chi connectivity index (χ4n) is 4.41. The molecule has 0 aliphatic carbocycles. The first kappa shape index (κ1) is 19.3. The molecule has 32 heavy (non-hydrogen) atoms. The van der Waals surface area contributed by atoms with E-state index in [0.29, 0.717) is 5.89 Å². The van der Waals surface area contributed by atoms with E-state index in [4.69, 9.17) is 4.42 Å². The highest BCUT2D eigenvalue weighted by atomic mass is 32.1. The maximum atomic E-state index is 5.96. The minimum atomic E-state index is 0.666. The van der Waals surface area contributed by atoms with Crippen molar-refractivity contribution in [2.45, 2.75) is 26.7 Å². The molecule has 2 heterocycles. The van der Waals surface area contributed by atoms with E-state index in [1.807, 2.05) is 35.6 Å². The molecule has 0 fully saturated rings. The fourth-order valence-corrected chi connectivity index (χ4v) is 5.61. The standard InChI is InChI=1S/C29H23NOS/c1-3-18-9-14-27-23(15-18)24-17-19(4-2)16-22(28(24)32-27)20-10-12-21(13-11-20)29-30-25-7-5-6-8-26(25)31-29/h5-17H,3-4H2,1-2H3. The van der Waals surface area contributed by atoms with E-state index in [1.54, 1.807) is 0 Å². The van der Waals surface area contributed by atoms with Crippen LogP contribution in [0.25, 0.3) is 53.9 Å². The molecule has 2 nitrogen and oxygen atoms in total. The maximum Gasteiger partial charge on any atom is 0.227 e. The van der Waals surface area contributed by atoms with Crippen molar-refractivity contribution >= 4 is 42.6 Å². The van der Waals surface area contributed by atoms with Gasteiger partial charge in [0.2, 0.25) is 5.89 Å². The van der Waals surface area contributed by atoms with Crippen LogP contribution in [-0.4, -0.2) is 4.98 Å². The molecule has 0 atom stereocenters. The molecule has 0 aliphatic heterocycles. The number of aromatic nitrogens is 1. The number of aryl methyl sites for hydroxylation is 2. The maximum absolute atomic E-state index is 5.96. The highest BCUT2D eigenvalue weighted by Gasteiger charge is 2.14. The molecule has 156 valence electrons. The van der Waals surface area contributed by atoms with Gasteiger partial charge in [0, 0.05) is 25.7 Å². The molecular weight excluding hydrogens is 410 g/mol. The zero-order chi connectivity index (χ0) is 21.7. The molecule has 6 aromatic rings. The summed E-state index contributed by atoms with van der Waals surface area (Å²) in [6, 6.07) is 28.2. The van der Waals surface area contributed by atoms with E-state index in [-0.39, 0.29) is 0 Å². The number of fused-ring (bicyclic) bond motifs is 4. The number of nitrogens with zero attached hydrogens (tertiary/aromatic N) is 1. The van der Waals surface area contributed by atoms with E-state index in [9.17, 15) is 0 Å². The summed E-state index contributed by atoms with van der Waals surface area (Å²) in [5.41, 5.74) is 8.01. The van der Waals surface area contributed by atoms with Gasteiger partial charge in [-0.2, -0.15) is 0 Å². The summed E-state index contributed by atoms with van der Waals surface area (Å²) in [5, 5.41) is 2.75. The van der Waals surface area contributed by atoms with Crippen LogP contribution in [0.3, 0.4) is 0 Å². The number of hydrogen-bond donors (Lipinski definition) is 0. The number of benzene rings is 4. The summed E-state index contributed by atoms with van der Waals surface area (Å²) in [6.07, 6.45) is 2.08. The topological polar surface area (TPSA) is 26.0 Å². The Hall–Kier alpha value is -3.43. The van der Waals surface area contributed by atoms with Crippen LogP contribution in [0, 0.1) is 0 Å². The Morgan fingerprint density at radius 3 is 2.28 bits per heavy atom. The molecule has 0 aliphatic rings. The van der Waals surface area contributed by atoms with Crippen molar-refractivity contribution in [1.82, 2.24) is 4.98 Å². The van der Waals surface area contributed by atoms with E-state index >= 15 is 0 Å². The average molecular weight is 434 g/mol. The van der Waals surface area contributed by atoms with Gasteiger partial charge in [-0.05, 0) is 83.6 Å². The van der Waals surface area contributed by atoms with Crippen molar-refractivity contribution in [2.24, 2.45) is 0 Å². The van der Waals surface area contributed by atoms with E-state index in [2.05, 4.69) is 73.4 Å². The fraction of sp³-hybridized carbons (Fsp3) is 0.138. The third kappa shape index (κ3) is 3.12. The van der Waals surface area contributed by atoms with Crippen molar-refractivity contribution in [2.75, 3.05) is 0 Å². The molecule has 6 rings (SSSR count). The molecule has 0 N–H and O–H groups in total. The van der Waals surface area contributed by atoms with Crippen LogP contribution in [0.2, 0.25) is 0 Å². The highest BCUT2D eigenvalue weighted by Crippen LogP contribution is 2.41. The zero-order valence-electron chi connectivity index (χ0n) is 18.2. The number of thiophene rings is 1. The molecular formula is C29H23NOS. The largest absolute Gasteiger partial charge is 0.436 e. The van der Waals surface area contributed by atoms with Gasteiger partial charge in [0.15, 0.2) is 5.58 Å². The predicted molar refractivity (Wildman–Crippen MR) is 137 cm³/mol. The van der Waals surface area contributed by atoms with Gasteiger partial charge in [0.05, 0.1) is 0 Å². The van der Waals surface area contributed by atoms with Gasteiger partial charge in [-0.15, -0.1) is 11.3 Å². The van der Waals surface area contributed by atoms with E-state index in [1.165, 1.54) is 42.4 Å². The lowest BCUT2D eigenvalue weighted by molar-refractivity contribution is 0.620. The van der Waals surface area contributed by atoms with Crippen LogP contribution >= 0.6 is 11.3 Å². The Labute approximate surface area is 191 Å². The van der Waals surface area contributed by atoms with Gasteiger partial charge >= 0.3 is 0 Å². The number of hydrogen-bond acceptors (Lipinski definition) is 3. The second-order valence-corrected chi connectivity index (χ2v) is 9.28. The lowest BCUT2D eigenvalue weighted by atomic mass is 9.97. The molecule has 0 bridgehead atoms. The Morgan fingerprint density at radius 1 is 0.750 bits per heavy atom. The Balaban J connectivity index is 1.49. The van der Waals surface area contributed by atoms with Crippen LogP contribution in [0.1, 0.15) is 25.0 Å². The molecule has 0 saturated heterocycles. The summed E-state index contributed by atoms with van der Waals surface area (Å²) in [5.74, 6) is 0.666. The first-order valence-corrected chi connectivity index (χ1v) is 12.0. The molecule has 0 unspecified atom stereocenters. The normalized spacial score (nSPS) is 11.7. The molecule has 2 aromatic heterocycles. The second kappa shape index (κ2) is 7.61. The summed E-state index contributed by atoms with van der Waals surface area (Å²) in [4.78, 5) is 4.64. The van der Waals surface area contributed by atoms with Crippen molar-refractivity contribution in [3.63, 3.8) is 0 Å². The molecule has 0 amide bonds. The lowest BCUT2D eigenvalue weighted by Crippen LogP contribution is -1.86. The van der Waals surface area contributed by atoms with Crippen molar-refractivity contribution in [1.29, 1.82) is 0 Å². The predicted octanol–water partition coefficient (Wildman–Crippen LogP) is 8.65. The Morgan fingerprint density at radius 2 is 1.50 bits per heavy atom. The van der Waals surface area contributed by atoms with Gasteiger partial charge in [-0.25, -0.2) is 4.98 Å². The third-order valence-corrected chi connectivity index (χ3v) is 7.47. The van der Waals surface area contributed by atoms with Gasteiger partial charge in [0.1, 0.15) is 5.52 Å². The molecule has 3 heteroatoms. The van der Waals surface area contributed by atoms with E-state index in [0.717, 1.165) is 29.5 Å². The minimum absolute atomic E-state index is 0.666. The van der Waals surface area contributed by atoms with Crippen molar-refractivity contribution < 1.29 is 4.42 Å². The summed E-state index contributed by atoms with van der Waals surface area (Å²) >= 11 is 1.89. The van der Waals surface area contributed by atoms with Gasteiger partial charge < -0.3 is 4.42 Å². The van der Waals surface area contributed by atoms with E-state index < -0.39 is 0 Å². The Kier molecular flexibility index (Phi) is 4.58. The minimum Gasteiger partial charge on any atom is -0.436 e. The first-order chi connectivity index (χ1) is 15.7. The first-order valence-electron chi connectivity index (χ1n) is 11.2. The van der Waals surface area contributed by atoms with Gasteiger partial charge in [-0.1, -0.05) is 44.2 Å². The molecule has 4 aromatic carbocycles. The van der Waals surface area contributed by atoms with Crippen molar-refractivity contribution in [3.8, 4) is 22.6 Å². The van der Waals surface area contributed by atoms with Crippen LogP contribution in [0.15, 0.2) is 83.3 Å². The molecule has 0 spiro atoms.